The first-order valence-electron chi connectivity index (χ1n) is 10.1. The van der Waals surface area contributed by atoms with Crippen molar-refractivity contribution in [3.05, 3.63) is 74.7 Å². The number of aryl methyl sites for hydroxylation is 1. The molecule has 2 aromatic carbocycles. The summed E-state index contributed by atoms with van der Waals surface area (Å²) >= 11 is 18.2. The van der Waals surface area contributed by atoms with Crippen LogP contribution >= 0.6 is 34.8 Å². The van der Waals surface area contributed by atoms with Crippen molar-refractivity contribution in [2.45, 2.75) is 32.2 Å². The molecule has 31 heavy (non-hydrogen) atoms. The van der Waals surface area contributed by atoms with Gasteiger partial charge in [-0.3, -0.25) is 0 Å². The molecule has 9 heteroatoms. The van der Waals surface area contributed by atoms with E-state index in [0.717, 1.165) is 49.9 Å². The van der Waals surface area contributed by atoms with Gasteiger partial charge in [-0.1, -0.05) is 41.4 Å². The Bertz CT molecular complexity index is 985. The van der Waals surface area contributed by atoms with E-state index in [0.29, 0.717) is 28.4 Å². The van der Waals surface area contributed by atoms with E-state index in [4.69, 9.17) is 34.8 Å². The van der Waals surface area contributed by atoms with Crippen LogP contribution in [0, 0.1) is 0 Å². The zero-order valence-corrected chi connectivity index (χ0v) is 19.2. The summed E-state index contributed by atoms with van der Waals surface area (Å²) < 4.78 is 0. The van der Waals surface area contributed by atoms with Gasteiger partial charge in [0, 0.05) is 16.6 Å². The lowest BCUT2D eigenvalue weighted by atomic mass is 10.1. The monoisotopic (exact) mass is 479 g/mol. The van der Waals surface area contributed by atoms with Gasteiger partial charge in [0.2, 0.25) is 11.2 Å². The molecule has 0 bridgehead atoms. The molecule has 0 aliphatic rings. The average molecular weight is 481 g/mol. The van der Waals surface area contributed by atoms with E-state index in [9.17, 15) is 5.11 Å². The van der Waals surface area contributed by atoms with Crippen LogP contribution in [-0.4, -0.2) is 33.1 Å². The van der Waals surface area contributed by atoms with Crippen LogP contribution in [0.15, 0.2) is 42.5 Å². The number of aromatic hydroxyl groups is 1. The molecule has 0 unspecified atom stereocenters. The summed E-state index contributed by atoms with van der Waals surface area (Å²) in [6, 6.07) is 12.8. The summed E-state index contributed by atoms with van der Waals surface area (Å²) in [5.74, 6) is 1.33. The molecule has 0 saturated carbocycles. The van der Waals surface area contributed by atoms with Gasteiger partial charge < -0.3 is 15.7 Å². The highest BCUT2D eigenvalue weighted by Gasteiger charge is 2.06. The highest BCUT2D eigenvalue weighted by molar-refractivity contribution is 6.35. The van der Waals surface area contributed by atoms with E-state index < -0.39 is 0 Å². The van der Waals surface area contributed by atoms with Crippen molar-refractivity contribution in [2.75, 3.05) is 18.4 Å². The van der Waals surface area contributed by atoms with Crippen LogP contribution in [0.1, 0.15) is 29.8 Å². The molecule has 1 heterocycles. The summed E-state index contributed by atoms with van der Waals surface area (Å²) in [4.78, 5) is 12.7. The average Bonchev–Trinajstić information content (AvgIpc) is 2.73. The van der Waals surface area contributed by atoms with Crippen molar-refractivity contribution in [3.8, 4) is 5.75 Å². The Morgan fingerprint density at radius 2 is 1.65 bits per heavy atom. The maximum absolute atomic E-state index is 9.33. The number of aromatic nitrogens is 3. The Labute approximate surface area is 197 Å². The normalized spacial score (nSPS) is 10.9. The van der Waals surface area contributed by atoms with Gasteiger partial charge in [0.1, 0.15) is 11.6 Å². The van der Waals surface area contributed by atoms with Gasteiger partial charge in [0.25, 0.3) is 0 Å². The summed E-state index contributed by atoms with van der Waals surface area (Å²) in [5, 5.41) is 17.3. The Kier molecular flexibility index (Phi) is 9.15. The van der Waals surface area contributed by atoms with Crippen LogP contribution in [0.4, 0.5) is 5.95 Å². The Morgan fingerprint density at radius 3 is 2.42 bits per heavy atom. The van der Waals surface area contributed by atoms with Crippen molar-refractivity contribution in [1.82, 2.24) is 20.3 Å². The van der Waals surface area contributed by atoms with E-state index >= 15 is 0 Å². The van der Waals surface area contributed by atoms with Crippen molar-refractivity contribution >= 4 is 40.8 Å². The largest absolute Gasteiger partial charge is 0.508 e. The molecule has 0 aliphatic heterocycles. The molecule has 0 amide bonds. The fourth-order valence-corrected chi connectivity index (χ4v) is 3.69. The molecular formula is C22H24Cl3N5O. The number of rotatable bonds is 11. The summed E-state index contributed by atoms with van der Waals surface area (Å²) in [6.45, 7) is 1.97. The van der Waals surface area contributed by atoms with Gasteiger partial charge in [-0.25, -0.2) is 4.98 Å². The summed E-state index contributed by atoms with van der Waals surface area (Å²) in [5.41, 5.74) is 2.23. The van der Waals surface area contributed by atoms with Crippen LogP contribution < -0.4 is 10.6 Å². The zero-order chi connectivity index (χ0) is 22.1. The second kappa shape index (κ2) is 12.1. The lowest BCUT2D eigenvalue weighted by Gasteiger charge is -2.09. The predicted molar refractivity (Wildman–Crippen MR) is 126 cm³/mol. The summed E-state index contributed by atoms with van der Waals surface area (Å²) in [6.07, 6.45) is 3.62. The number of nitrogens with zero attached hydrogens (tertiary/aromatic N) is 3. The molecule has 1 aromatic heterocycles. The number of unbranched alkanes of at least 4 members (excludes halogenated alkanes) is 1. The van der Waals surface area contributed by atoms with E-state index in [1.165, 1.54) is 0 Å². The lowest BCUT2D eigenvalue weighted by Crippen LogP contribution is -2.19. The molecule has 3 aromatic rings. The number of phenols is 1. The fourth-order valence-electron chi connectivity index (χ4n) is 3.01. The quantitative estimate of drug-likeness (QED) is 0.323. The first-order valence-corrected chi connectivity index (χ1v) is 11.2. The molecule has 0 radical (unpaired) electrons. The SMILES string of the molecule is Oc1ccc(CCNCc2nc(Cl)nc(NCCCCc3ccc(Cl)cc3Cl)n2)cc1. The van der Waals surface area contributed by atoms with Gasteiger partial charge in [-0.2, -0.15) is 9.97 Å². The molecule has 0 atom stereocenters. The summed E-state index contributed by atoms with van der Waals surface area (Å²) in [7, 11) is 0. The molecule has 0 spiro atoms. The van der Waals surface area contributed by atoms with E-state index in [1.807, 2.05) is 24.3 Å². The number of halogens is 3. The fraction of sp³-hybridized carbons (Fsp3) is 0.318. The van der Waals surface area contributed by atoms with Gasteiger partial charge in [-0.05, 0) is 79.2 Å². The smallest absolute Gasteiger partial charge is 0.227 e. The molecule has 3 rings (SSSR count). The molecule has 6 nitrogen and oxygen atoms in total. The number of hydrogen-bond acceptors (Lipinski definition) is 6. The van der Waals surface area contributed by atoms with Gasteiger partial charge in [0.05, 0.1) is 6.54 Å². The van der Waals surface area contributed by atoms with Gasteiger partial charge in [0.15, 0.2) is 0 Å². The third-order valence-electron chi connectivity index (χ3n) is 4.64. The van der Waals surface area contributed by atoms with Crippen LogP contribution in [-0.2, 0) is 19.4 Å². The number of hydrogen-bond donors (Lipinski definition) is 3. The minimum Gasteiger partial charge on any atom is -0.508 e. The highest BCUT2D eigenvalue weighted by atomic mass is 35.5. The highest BCUT2D eigenvalue weighted by Crippen LogP contribution is 2.22. The first-order chi connectivity index (χ1) is 15.0. The minimum atomic E-state index is 0.167. The molecule has 0 saturated heterocycles. The molecule has 164 valence electrons. The Hall–Kier alpha value is -2.12. The van der Waals surface area contributed by atoms with Gasteiger partial charge in [-0.15, -0.1) is 0 Å². The number of phenolic OH excluding ortho intramolecular Hbond substituents is 1. The maximum atomic E-state index is 9.33. The van der Waals surface area contributed by atoms with E-state index in [-0.39, 0.29) is 11.0 Å². The second-order valence-corrected chi connectivity index (χ2v) is 8.24. The molecule has 0 fully saturated rings. The zero-order valence-electron chi connectivity index (χ0n) is 16.9. The third-order valence-corrected chi connectivity index (χ3v) is 5.39. The van der Waals surface area contributed by atoms with Crippen molar-refractivity contribution in [1.29, 1.82) is 0 Å². The molecule has 0 aliphatic carbocycles. The molecular weight excluding hydrogens is 457 g/mol. The number of anilines is 1. The standard InChI is InChI=1S/C22H24Cl3N5O/c23-17-7-6-16(19(24)13-17)3-1-2-11-27-22-29-20(28-21(25)30-22)14-26-12-10-15-4-8-18(31)9-5-15/h4-9,13,26,31H,1-3,10-12,14H2,(H,27,28,29,30). The predicted octanol–water partition coefficient (Wildman–Crippen LogP) is 5.30. The van der Waals surface area contributed by atoms with E-state index in [1.54, 1.807) is 18.2 Å². The number of nitrogens with one attached hydrogen (secondary N) is 2. The Balaban J connectivity index is 1.39. The van der Waals surface area contributed by atoms with E-state index in [2.05, 4.69) is 25.6 Å². The third kappa shape index (κ3) is 8.15. The maximum Gasteiger partial charge on any atom is 0.227 e. The lowest BCUT2D eigenvalue weighted by molar-refractivity contribution is 0.475. The first kappa shape index (κ1) is 23.5. The minimum absolute atomic E-state index is 0.167. The van der Waals surface area contributed by atoms with Crippen molar-refractivity contribution in [3.63, 3.8) is 0 Å². The van der Waals surface area contributed by atoms with Crippen molar-refractivity contribution in [2.24, 2.45) is 0 Å². The van der Waals surface area contributed by atoms with Crippen LogP contribution in [0.3, 0.4) is 0 Å². The topological polar surface area (TPSA) is 83.0 Å². The van der Waals surface area contributed by atoms with Crippen LogP contribution in [0.5, 0.6) is 5.75 Å². The van der Waals surface area contributed by atoms with Crippen molar-refractivity contribution < 1.29 is 5.11 Å². The Morgan fingerprint density at radius 1 is 0.839 bits per heavy atom. The van der Waals surface area contributed by atoms with Gasteiger partial charge >= 0.3 is 0 Å². The van der Waals surface area contributed by atoms with Crippen LogP contribution in [0.2, 0.25) is 15.3 Å². The molecule has 3 N–H and O–H groups in total. The van der Waals surface area contributed by atoms with Crippen LogP contribution in [0.25, 0.3) is 0 Å². The second-order valence-electron chi connectivity index (χ2n) is 7.06. The number of benzene rings is 2.